The molecule has 1 N–H and O–H groups in total. The maximum Gasteiger partial charge on any atom is 0.416 e. The van der Waals surface area contributed by atoms with Crippen LogP contribution in [0.5, 0.6) is 5.75 Å². The van der Waals surface area contributed by atoms with Gasteiger partial charge in [0.1, 0.15) is 13.2 Å². The van der Waals surface area contributed by atoms with Crippen molar-refractivity contribution in [2.75, 3.05) is 11.9 Å². The van der Waals surface area contributed by atoms with E-state index < -0.39 is 35.3 Å². The van der Waals surface area contributed by atoms with E-state index in [0.29, 0.717) is 32.3 Å². The van der Waals surface area contributed by atoms with Gasteiger partial charge < -0.3 is 10.1 Å². The first-order chi connectivity index (χ1) is 18.8. The third-order valence-electron chi connectivity index (χ3n) is 5.33. The number of alkyl halides is 3. The monoisotopic (exact) mass is 648 g/mol. The summed E-state index contributed by atoms with van der Waals surface area (Å²) in [6.07, 6.45) is -3.23. The summed E-state index contributed by atoms with van der Waals surface area (Å²) in [4.78, 5) is 38.3. The Hall–Kier alpha value is -2.89. The lowest BCUT2D eigenvalue weighted by Gasteiger charge is -2.13. The molecule has 40 heavy (non-hydrogen) atoms. The molecule has 6 nitrogen and oxygen atoms in total. The summed E-state index contributed by atoms with van der Waals surface area (Å²) in [7, 11) is 0. The van der Waals surface area contributed by atoms with Gasteiger partial charge in [-0.25, -0.2) is 0 Å². The van der Waals surface area contributed by atoms with Crippen LogP contribution in [0.15, 0.2) is 59.5 Å². The Kier molecular flexibility index (Phi) is 9.26. The van der Waals surface area contributed by atoms with E-state index in [1.54, 1.807) is 18.2 Å². The van der Waals surface area contributed by atoms with Gasteiger partial charge >= 0.3 is 6.18 Å². The Morgan fingerprint density at radius 2 is 1.65 bits per heavy atom. The maximum absolute atomic E-state index is 12.9. The highest BCUT2D eigenvalue weighted by molar-refractivity contribution is 8.18. The van der Waals surface area contributed by atoms with E-state index in [1.165, 1.54) is 24.3 Å². The largest absolute Gasteiger partial charge is 0.486 e. The van der Waals surface area contributed by atoms with Crippen molar-refractivity contribution in [3.8, 4) is 5.75 Å². The average Bonchev–Trinajstić information content (AvgIpc) is 3.12. The van der Waals surface area contributed by atoms with Crippen molar-refractivity contribution < 1.29 is 32.3 Å². The highest BCUT2D eigenvalue weighted by Gasteiger charge is 2.36. The second kappa shape index (κ2) is 12.3. The van der Waals surface area contributed by atoms with Crippen molar-refractivity contribution in [1.82, 2.24) is 4.90 Å². The molecule has 0 aliphatic carbocycles. The Balaban J connectivity index is 1.43. The van der Waals surface area contributed by atoms with Crippen molar-refractivity contribution in [3.63, 3.8) is 0 Å². The van der Waals surface area contributed by atoms with Gasteiger partial charge in [-0.15, -0.1) is 0 Å². The van der Waals surface area contributed by atoms with Gasteiger partial charge in [-0.05, 0) is 71.4 Å². The molecule has 0 radical (unpaired) electrons. The first-order valence-corrected chi connectivity index (χ1v) is 13.4. The highest BCUT2D eigenvalue weighted by atomic mass is 35.5. The SMILES string of the molecule is O=C(CN1C(=O)S/C(=C\c2cc(Cl)c(OCc3ccc(Cl)c(Cl)c3)c(Cl)c2)C1=O)Nc1cccc(C(F)(F)F)c1. The topological polar surface area (TPSA) is 75.7 Å². The number of benzene rings is 3. The number of nitrogens with one attached hydrogen (secondary N) is 1. The first kappa shape index (κ1) is 30.1. The molecular formula is C26H15Cl4F3N2O4S. The van der Waals surface area contributed by atoms with Gasteiger partial charge in [0.25, 0.3) is 11.1 Å². The quantitative estimate of drug-likeness (QED) is 0.260. The third kappa shape index (κ3) is 7.24. The summed E-state index contributed by atoms with van der Waals surface area (Å²) in [5.41, 5.74) is 0.0165. The number of nitrogens with zero attached hydrogens (tertiary/aromatic N) is 1. The van der Waals surface area contributed by atoms with Crippen molar-refractivity contribution in [1.29, 1.82) is 0 Å². The van der Waals surface area contributed by atoms with Gasteiger partial charge in [0, 0.05) is 5.69 Å². The van der Waals surface area contributed by atoms with E-state index in [-0.39, 0.29) is 33.0 Å². The van der Waals surface area contributed by atoms with Crippen LogP contribution in [-0.2, 0) is 22.4 Å². The number of amides is 3. The van der Waals surface area contributed by atoms with E-state index in [2.05, 4.69) is 5.32 Å². The standard InChI is InChI=1S/C26H15Cl4F3N2O4S/c27-17-5-4-13(6-18(17)28)12-39-23-19(29)7-14(8-20(23)30)9-21-24(37)35(25(38)40-21)11-22(36)34-16-3-1-2-15(10-16)26(31,32)33/h1-10H,11-12H2,(H,34,36)/b21-9-. The summed E-state index contributed by atoms with van der Waals surface area (Å²) < 4.78 is 44.5. The molecule has 1 aliphatic heterocycles. The number of carbonyl (C=O) groups is 3. The minimum absolute atomic E-state index is 0.00604. The molecule has 14 heteroatoms. The van der Waals surface area contributed by atoms with Crippen LogP contribution in [0.3, 0.4) is 0 Å². The molecule has 0 atom stereocenters. The lowest BCUT2D eigenvalue weighted by atomic mass is 10.2. The molecule has 3 amide bonds. The highest BCUT2D eigenvalue weighted by Crippen LogP contribution is 2.38. The molecule has 0 unspecified atom stereocenters. The van der Waals surface area contributed by atoms with Gasteiger partial charge in [-0.3, -0.25) is 19.3 Å². The Morgan fingerprint density at radius 1 is 0.950 bits per heavy atom. The third-order valence-corrected chi connectivity index (χ3v) is 7.54. The number of ether oxygens (including phenoxy) is 1. The molecule has 0 spiro atoms. The molecule has 1 aliphatic rings. The number of carbonyl (C=O) groups excluding carboxylic acids is 3. The summed E-state index contributed by atoms with van der Waals surface area (Å²) in [6.45, 7) is -0.599. The minimum atomic E-state index is -4.60. The second-order valence-electron chi connectivity index (χ2n) is 8.25. The van der Waals surface area contributed by atoms with Crippen molar-refractivity contribution in [3.05, 3.63) is 96.3 Å². The van der Waals surface area contributed by atoms with E-state index in [4.69, 9.17) is 51.1 Å². The molecule has 4 rings (SSSR count). The molecular weight excluding hydrogens is 635 g/mol. The first-order valence-electron chi connectivity index (χ1n) is 11.1. The van der Waals surface area contributed by atoms with Crippen LogP contribution < -0.4 is 10.1 Å². The van der Waals surface area contributed by atoms with Gasteiger partial charge in [-0.1, -0.05) is 58.5 Å². The number of imide groups is 1. The Bertz CT molecular complexity index is 1530. The Labute approximate surface area is 250 Å². The number of rotatable bonds is 7. The van der Waals surface area contributed by atoms with E-state index in [0.717, 1.165) is 23.8 Å². The van der Waals surface area contributed by atoms with E-state index in [9.17, 15) is 27.6 Å². The molecule has 1 heterocycles. The normalized spacial score (nSPS) is 14.7. The van der Waals surface area contributed by atoms with Gasteiger partial charge in [0.05, 0.1) is 30.6 Å². The summed E-state index contributed by atoms with van der Waals surface area (Å²) in [6, 6.07) is 11.9. The zero-order valence-electron chi connectivity index (χ0n) is 19.8. The average molecular weight is 650 g/mol. The van der Waals surface area contributed by atoms with Crippen LogP contribution in [0.4, 0.5) is 23.7 Å². The zero-order chi connectivity index (χ0) is 29.2. The fourth-order valence-corrected chi connectivity index (χ4v) is 5.26. The number of halogens is 7. The number of hydrogen-bond donors (Lipinski definition) is 1. The maximum atomic E-state index is 12.9. The van der Waals surface area contributed by atoms with Crippen LogP contribution >= 0.6 is 58.2 Å². The van der Waals surface area contributed by atoms with Crippen LogP contribution in [-0.4, -0.2) is 28.5 Å². The van der Waals surface area contributed by atoms with Crippen molar-refractivity contribution in [2.24, 2.45) is 0 Å². The molecule has 1 fully saturated rings. The van der Waals surface area contributed by atoms with Crippen molar-refractivity contribution in [2.45, 2.75) is 12.8 Å². The molecule has 1 saturated heterocycles. The summed E-state index contributed by atoms with van der Waals surface area (Å²) >= 11 is 25.2. The van der Waals surface area contributed by atoms with Crippen LogP contribution in [0, 0.1) is 0 Å². The molecule has 208 valence electrons. The van der Waals surface area contributed by atoms with Gasteiger partial charge in [-0.2, -0.15) is 13.2 Å². The smallest absolute Gasteiger partial charge is 0.416 e. The molecule has 3 aromatic carbocycles. The van der Waals surface area contributed by atoms with Crippen LogP contribution in [0.2, 0.25) is 20.1 Å². The van der Waals surface area contributed by atoms with Crippen molar-refractivity contribution >= 4 is 87.0 Å². The van der Waals surface area contributed by atoms with Gasteiger partial charge in [0.15, 0.2) is 5.75 Å². The molecule has 0 saturated carbocycles. The fourth-order valence-electron chi connectivity index (χ4n) is 3.49. The molecule has 0 bridgehead atoms. The van der Waals surface area contributed by atoms with E-state index in [1.807, 2.05) is 0 Å². The van der Waals surface area contributed by atoms with E-state index >= 15 is 0 Å². The second-order valence-corrected chi connectivity index (χ2v) is 10.9. The lowest BCUT2D eigenvalue weighted by Crippen LogP contribution is -2.36. The fraction of sp³-hybridized carbons (Fsp3) is 0.115. The minimum Gasteiger partial charge on any atom is -0.486 e. The van der Waals surface area contributed by atoms with Crippen LogP contribution in [0.1, 0.15) is 16.7 Å². The number of thioether (sulfide) groups is 1. The number of anilines is 1. The summed E-state index contributed by atoms with van der Waals surface area (Å²) in [5.74, 6) is -1.43. The predicted molar refractivity (Wildman–Crippen MR) is 150 cm³/mol. The Morgan fingerprint density at radius 3 is 2.30 bits per heavy atom. The van der Waals surface area contributed by atoms with Crippen LogP contribution in [0.25, 0.3) is 6.08 Å². The predicted octanol–water partition coefficient (Wildman–Crippen LogP) is 8.57. The lowest BCUT2D eigenvalue weighted by molar-refractivity contribution is -0.137. The summed E-state index contributed by atoms with van der Waals surface area (Å²) in [5, 5.41) is 2.56. The van der Waals surface area contributed by atoms with Gasteiger partial charge in [0.2, 0.25) is 5.91 Å². The zero-order valence-corrected chi connectivity index (χ0v) is 23.7. The molecule has 3 aromatic rings. The number of hydrogen-bond acceptors (Lipinski definition) is 5. The molecule has 0 aromatic heterocycles.